The fourth-order valence-corrected chi connectivity index (χ4v) is 29.7. The van der Waals surface area contributed by atoms with Crippen molar-refractivity contribution in [2.45, 2.75) is 6.42 Å². The van der Waals surface area contributed by atoms with Crippen molar-refractivity contribution in [3.63, 3.8) is 0 Å². The molecule has 4 aromatic rings. The number of fused-ring (bicyclic) bond motifs is 3. The van der Waals surface area contributed by atoms with E-state index in [-0.39, 0.29) is 0 Å². The number of nitrogens with one attached hydrogen (secondary N) is 1. The van der Waals surface area contributed by atoms with Gasteiger partial charge in [-0.25, -0.2) is 0 Å². The molecule has 6 heteroatoms. The molecule has 32 heavy (non-hydrogen) atoms. The van der Waals surface area contributed by atoms with E-state index < -0.39 is 19.4 Å². The second-order valence-electron chi connectivity index (χ2n) is 8.26. The van der Waals surface area contributed by atoms with Crippen LogP contribution in [0.4, 0.5) is 0 Å². The van der Waals surface area contributed by atoms with Gasteiger partial charge in [-0.1, -0.05) is 0 Å². The Morgan fingerprint density at radius 3 is 1.91 bits per heavy atom. The van der Waals surface area contributed by atoms with Crippen LogP contribution in [0.3, 0.4) is 0 Å². The minimum absolute atomic E-state index is 0.713. The van der Waals surface area contributed by atoms with Crippen LogP contribution in [0.25, 0.3) is 11.1 Å². The molecule has 1 aliphatic carbocycles. The molecule has 1 N–H and O–H groups in total. The van der Waals surface area contributed by atoms with Crippen LogP contribution in [-0.2, 0) is 23.9 Å². The Labute approximate surface area is 198 Å². The second kappa shape index (κ2) is 8.33. The first kappa shape index (κ1) is 21.7. The number of amides is 1. The summed E-state index contributed by atoms with van der Waals surface area (Å²) in [6.07, 6.45) is 1.48. The van der Waals surface area contributed by atoms with Crippen molar-refractivity contribution in [2.75, 3.05) is 0 Å². The molecule has 1 aliphatic rings. The Morgan fingerprint density at radius 2 is 1.28 bits per heavy atom. The van der Waals surface area contributed by atoms with Crippen LogP contribution in [0.2, 0.25) is 0 Å². The van der Waals surface area contributed by atoms with Gasteiger partial charge in [-0.2, -0.15) is 0 Å². The molecule has 2 nitrogen and oxygen atoms in total. The van der Waals surface area contributed by atoms with Crippen LogP contribution in [0.5, 0.6) is 0 Å². The van der Waals surface area contributed by atoms with Gasteiger partial charge in [0, 0.05) is 0 Å². The average Bonchev–Trinajstić information content (AvgIpc) is 3.19. The normalized spacial score (nSPS) is 13.7. The molecule has 0 unspecified atom stereocenters. The molecule has 0 saturated carbocycles. The van der Waals surface area contributed by atoms with E-state index in [1.54, 1.807) is 0 Å². The van der Waals surface area contributed by atoms with Crippen LogP contribution in [-0.4, -0.2) is 13.1 Å². The first-order chi connectivity index (χ1) is 15.5. The molecule has 0 saturated heterocycles. The topological polar surface area (TPSA) is 29.1 Å². The summed E-state index contributed by atoms with van der Waals surface area (Å²) in [6, 6.07) is 35.1. The maximum atomic E-state index is 12.1. The standard InChI is InChI=1S/C13H9.C12H11Si.CH3NO.2ClH.Ti/c1-3-7-12-10(5-1)9-11-6-2-4-8-13(11)12;1-3-7-11(8-4-1)13-12-9-5-2-6-10-12;2-1-3;;;/h1-5,7-8H,9H2;1-10,13H;1H,(H2,2,3);2*1H;/q;;;;;+3/p-3. The monoisotopic (exact) mass is 510 g/mol. The van der Waals surface area contributed by atoms with Crippen LogP contribution < -0.4 is 18.0 Å². The summed E-state index contributed by atoms with van der Waals surface area (Å²) in [5, 5.41) is 2.26. The predicted octanol–water partition coefficient (Wildman–Crippen LogP) is 4.08. The van der Waals surface area contributed by atoms with Crippen molar-refractivity contribution in [3.05, 3.63) is 114 Å². The summed E-state index contributed by atoms with van der Waals surface area (Å²) >= 11 is -4.89. The number of carbonyl (C=O) groups excluding carboxylic acids is 1. The van der Waals surface area contributed by atoms with Gasteiger partial charge >= 0.3 is 199 Å². The van der Waals surface area contributed by atoms with E-state index in [2.05, 4.69) is 58.4 Å². The van der Waals surface area contributed by atoms with Crippen LogP contribution >= 0.6 is 18.6 Å². The van der Waals surface area contributed by atoms with Crippen LogP contribution in [0.1, 0.15) is 11.1 Å². The van der Waals surface area contributed by atoms with Crippen molar-refractivity contribution in [1.29, 1.82) is 0 Å². The van der Waals surface area contributed by atoms with Gasteiger partial charge in [0.05, 0.1) is 0 Å². The molecule has 5 rings (SSSR count). The second-order valence-corrected chi connectivity index (χ2v) is 32.9. The number of rotatable bonds is 6. The first-order valence-electron chi connectivity index (χ1n) is 10.6. The Balaban J connectivity index is 1.80. The van der Waals surface area contributed by atoms with E-state index in [1.165, 1.54) is 11.1 Å². The number of carbonyl (C=O) groups is 1. The van der Waals surface area contributed by atoms with Gasteiger partial charge in [0.15, 0.2) is 0 Å². The SMILES string of the molecule is O=C[NH][Ti]([Cl])([Cl])([c]1cccc2c1Cc1ccccc1-2)[SiH](c1ccccc1)c1ccccc1. The number of benzene rings is 4. The Kier molecular flexibility index (Phi) is 5.65. The van der Waals surface area contributed by atoms with E-state index in [4.69, 9.17) is 18.6 Å². The molecular weight excluding hydrogens is 489 g/mol. The summed E-state index contributed by atoms with van der Waals surface area (Å²) in [4.78, 5) is 12.1. The van der Waals surface area contributed by atoms with Gasteiger partial charge in [-0.05, 0) is 0 Å². The predicted molar refractivity (Wildman–Crippen MR) is 135 cm³/mol. The van der Waals surface area contributed by atoms with Crippen LogP contribution in [0.15, 0.2) is 103 Å². The molecule has 0 atom stereocenters. The van der Waals surface area contributed by atoms with Gasteiger partial charge in [0.1, 0.15) is 0 Å². The fourth-order valence-electron chi connectivity index (χ4n) is 5.08. The summed E-state index contributed by atoms with van der Waals surface area (Å²) < 4.78 is 4.05. The summed E-state index contributed by atoms with van der Waals surface area (Å²) in [7, 11) is 15.5. The molecule has 159 valence electrons. The van der Waals surface area contributed by atoms with E-state index >= 15 is 0 Å². The Bertz CT molecular complexity index is 1260. The number of hydrogen-bond donors (Lipinski definition) is 1. The van der Waals surface area contributed by atoms with Crippen molar-refractivity contribution in [2.24, 2.45) is 0 Å². The summed E-state index contributed by atoms with van der Waals surface area (Å²) in [5.41, 5.74) is 4.79. The third kappa shape index (κ3) is 3.49. The third-order valence-corrected chi connectivity index (χ3v) is 30.7. The maximum absolute atomic E-state index is 12.1. The molecular formula is C26H22Cl2NOSiTi. The Hall–Kier alpha value is -2.14. The zero-order valence-electron chi connectivity index (χ0n) is 17.3. The van der Waals surface area contributed by atoms with E-state index in [0.29, 0.717) is 6.41 Å². The molecule has 0 aliphatic heterocycles. The van der Waals surface area contributed by atoms with Gasteiger partial charge in [-0.15, -0.1) is 0 Å². The zero-order valence-corrected chi connectivity index (χ0v) is 21.6. The quantitative estimate of drug-likeness (QED) is 0.270. The van der Waals surface area contributed by atoms with Gasteiger partial charge in [0.2, 0.25) is 0 Å². The number of hydrogen-bond acceptors (Lipinski definition) is 1. The summed E-state index contributed by atoms with van der Waals surface area (Å²) in [6.45, 7) is -2.29. The molecule has 0 radical (unpaired) electrons. The van der Waals surface area contributed by atoms with Gasteiger partial charge < -0.3 is 0 Å². The molecule has 0 spiro atoms. The van der Waals surface area contributed by atoms with Crippen molar-refractivity contribution < 1.29 is 17.5 Å². The molecule has 4 aromatic carbocycles. The van der Waals surface area contributed by atoms with E-state index in [9.17, 15) is 4.79 Å². The third-order valence-electron chi connectivity index (χ3n) is 6.44. The molecule has 1 amide bonds. The van der Waals surface area contributed by atoms with Crippen LogP contribution in [0, 0.1) is 0 Å². The fraction of sp³-hybridized carbons (Fsp3) is 0.0385. The van der Waals surface area contributed by atoms with Gasteiger partial charge in [-0.3, -0.25) is 0 Å². The van der Waals surface area contributed by atoms with E-state index in [0.717, 1.165) is 31.8 Å². The van der Waals surface area contributed by atoms with E-state index in [1.807, 2.05) is 48.5 Å². The minimum atomic E-state index is -4.89. The molecule has 0 aromatic heterocycles. The van der Waals surface area contributed by atoms with Crippen molar-refractivity contribution in [1.82, 2.24) is 3.80 Å². The first-order valence-corrected chi connectivity index (χ1v) is 20.9. The van der Waals surface area contributed by atoms with Gasteiger partial charge in [0.25, 0.3) is 0 Å². The summed E-state index contributed by atoms with van der Waals surface area (Å²) in [5.74, 6) is 0. The molecule has 0 heterocycles. The zero-order chi connectivity index (χ0) is 22.2. The average molecular weight is 511 g/mol. The number of halogens is 2. The van der Waals surface area contributed by atoms with Crippen molar-refractivity contribution in [3.8, 4) is 11.1 Å². The van der Waals surface area contributed by atoms with Crippen molar-refractivity contribution >= 4 is 45.9 Å². The Morgan fingerprint density at radius 1 is 0.719 bits per heavy atom. The molecule has 0 bridgehead atoms. The molecule has 0 fully saturated rings.